The van der Waals surface area contributed by atoms with Gasteiger partial charge in [0, 0.05) is 48.3 Å². The number of hydrogen-bond acceptors (Lipinski definition) is 13. The number of aliphatic hydroxyl groups excluding tert-OH is 2. The highest BCUT2D eigenvalue weighted by atomic mass is 32.2. The summed E-state index contributed by atoms with van der Waals surface area (Å²) < 4.78 is 44.7. The predicted molar refractivity (Wildman–Crippen MR) is 265 cm³/mol. The van der Waals surface area contributed by atoms with Gasteiger partial charge in [-0.25, -0.2) is 4.79 Å². The van der Waals surface area contributed by atoms with Crippen molar-refractivity contribution in [3.8, 4) is 23.0 Å². The molecule has 0 spiro atoms. The molecule has 14 heteroatoms. The molecule has 0 saturated heterocycles. The van der Waals surface area contributed by atoms with Gasteiger partial charge in [0.2, 0.25) is 12.6 Å². The third kappa shape index (κ3) is 12.1. The molecule has 2 heterocycles. The number of ether oxygens (including phenoxy) is 7. The first-order chi connectivity index (χ1) is 34.0. The summed E-state index contributed by atoms with van der Waals surface area (Å²) in [4.78, 5) is 23.9. The minimum Gasteiger partial charge on any atom is -0.493 e. The second-order valence-electron chi connectivity index (χ2n) is 17.7. The molecule has 6 atom stereocenters. The zero-order valence-electron chi connectivity index (χ0n) is 39.6. The van der Waals surface area contributed by atoms with Crippen LogP contribution in [0.25, 0.3) is 0 Å². The first-order valence-corrected chi connectivity index (χ1v) is 25.4. The molecule has 8 rings (SSSR count). The second kappa shape index (κ2) is 24.9. The summed E-state index contributed by atoms with van der Waals surface area (Å²) in [6.45, 7) is 7.91. The normalized spacial score (nSPS) is 22.4. The zero-order valence-corrected chi connectivity index (χ0v) is 40.4. The molecule has 0 radical (unpaired) electrons. The van der Waals surface area contributed by atoms with Crippen molar-refractivity contribution in [1.29, 1.82) is 0 Å². The minimum atomic E-state index is -1.48. The molecule has 2 aliphatic heterocycles. The Balaban J connectivity index is 1.22. The number of carbonyl (C=O) groups excluding carboxylic acids is 1. The van der Waals surface area contributed by atoms with Gasteiger partial charge in [0.15, 0.2) is 11.5 Å². The fraction of sp³-hybridized carbons (Fsp3) is 0.455. The lowest BCUT2D eigenvalue weighted by Gasteiger charge is -2.59. The fourth-order valence-corrected chi connectivity index (χ4v) is 11.0. The number of nitrogens with zero attached hydrogens (tertiary/aromatic N) is 2. The van der Waals surface area contributed by atoms with Crippen molar-refractivity contribution in [2.75, 3.05) is 58.8 Å². The summed E-state index contributed by atoms with van der Waals surface area (Å²) in [7, 11) is 0. The molecule has 1 saturated carbocycles. The Hall–Kier alpha value is -5.51. The van der Waals surface area contributed by atoms with Gasteiger partial charge in [0.1, 0.15) is 30.8 Å². The standard InChI is InChI=1S/C55H66N2O11S/c1-3-27-66-55-51(57(36-40-21-23-49-50(32-40)65-38-64-49)54(60)63-29-28-61-37-39-15-7-5-8-16-39)35-47(56-67-4-2)45-33-41(17-11-13-25-58)44(20-12-14-26-59)52(53(45)55)46-34-42(22-24-48(46)68-55)62-30-31-69-43-18-9-6-10-19-43/h3,5-10,15-16,18-19,21-24,32-34,41,44,51-53,58-59H,1,4,11-14,17,20,25-31,35-38H2,2H3/t41-,44+,51-,52+,53+,55+/m0/s1. The molecule has 4 aromatic rings. The number of rotatable bonds is 26. The number of thioether (sulfide) groups is 1. The van der Waals surface area contributed by atoms with Crippen LogP contribution in [0.15, 0.2) is 131 Å². The van der Waals surface area contributed by atoms with Crippen LogP contribution in [0.5, 0.6) is 23.0 Å². The monoisotopic (exact) mass is 962 g/mol. The van der Waals surface area contributed by atoms with Crippen LogP contribution in [0.2, 0.25) is 0 Å². The van der Waals surface area contributed by atoms with Crippen LogP contribution in [-0.2, 0) is 32.2 Å². The maximum atomic E-state index is 15.0. The van der Waals surface area contributed by atoms with E-state index in [0.717, 1.165) is 59.4 Å². The first kappa shape index (κ1) is 49.9. The van der Waals surface area contributed by atoms with E-state index in [2.05, 4.69) is 30.9 Å². The van der Waals surface area contributed by atoms with Crippen molar-refractivity contribution >= 4 is 23.6 Å². The quantitative estimate of drug-likeness (QED) is 0.0267. The van der Waals surface area contributed by atoms with Gasteiger partial charge >= 0.3 is 6.09 Å². The number of carbonyl (C=O) groups is 1. The van der Waals surface area contributed by atoms with Gasteiger partial charge in [-0.05, 0) is 104 Å². The van der Waals surface area contributed by atoms with Crippen LogP contribution in [0.4, 0.5) is 4.79 Å². The van der Waals surface area contributed by atoms with Gasteiger partial charge in [-0.2, -0.15) is 0 Å². The molecule has 1 fully saturated rings. The summed E-state index contributed by atoms with van der Waals surface area (Å²) in [6, 6.07) is 31.0. The van der Waals surface area contributed by atoms with E-state index in [0.29, 0.717) is 55.6 Å². The third-order valence-electron chi connectivity index (χ3n) is 13.3. The summed E-state index contributed by atoms with van der Waals surface area (Å²) in [5.74, 6) is 1.26. The number of fused-ring (bicyclic) bond motifs is 3. The van der Waals surface area contributed by atoms with E-state index < -0.39 is 23.8 Å². The van der Waals surface area contributed by atoms with Crippen LogP contribution >= 0.6 is 11.8 Å². The zero-order chi connectivity index (χ0) is 47.8. The number of allylic oxidation sites excluding steroid dienone is 1. The Kier molecular flexibility index (Phi) is 18.0. The Bertz CT molecular complexity index is 2350. The number of aliphatic hydroxyl groups is 2. The molecule has 2 aliphatic carbocycles. The summed E-state index contributed by atoms with van der Waals surface area (Å²) in [5, 5.41) is 24.9. The van der Waals surface area contributed by atoms with Gasteiger partial charge < -0.3 is 48.2 Å². The predicted octanol–water partition coefficient (Wildman–Crippen LogP) is 10.1. The van der Waals surface area contributed by atoms with Crippen LogP contribution < -0.4 is 18.9 Å². The molecule has 2 N–H and O–H groups in total. The van der Waals surface area contributed by atoms with Crippen molar-refractivity contribution in [3.05, 3.63) is 138 Å². The van der Waals surface area contributed by atoms with E-state index in [9.17, 15) is 10.2 Å². The van der Waals surface area contributed by atoms with Crippen LogP contribution in [0.3, 0.4) is 0 Å². The minimum absolute atomic E-state index is 0.00636. The molecule has 368 valence electrons. The number of benzene rings is 4. The van der Waals surface area contributed by atoms with Gasteiger partial charge in [-0.15, -0.1) is 18.3 Å². The van der Waals surface area contributed by atoms with E-state index in [1.807, 2.05) is 85.8 Å². The first-order valence-electron chi connectivity index (χ1n) is 24.4. The summed E-state index contributed by atoms with van der Waals surface area (Å²) in [6.07, 6.45) is 8.28. The fourth-order valence-electron chi connectivity index (χ4n) is 10.3. The van der Waals surface area contributed by atoms with E-state index in [1.165, 1.54) is 4.90 Å². The highest BCUT2D eigenvalue weighted by Crippen LogP contribution is 2.62. The van der Waals surface area contributed by atoms with Crippen LogP contribution in [-0.4, -0.2) is 97.5 Å². The van der Waals surface area contributed by atoms with Crippen molar-refractivity contribution < 1.29 is 53.0 Å². The average molecular weight is 963 g/mol. The third-order valence-corrected chi connectivity index (χ3v) is 14.3. The van der Waals surface area contributed by atoms with Crippen molar-refractivity contribution in [2.45, 2.75) is 87.7 Å². The molecule has 4 aromatic carbocycles. The maximum absolute atomic E-state index is 15.0. The summed E-state index contributed by atoms with van der Waals surface area (Å²) >= 11 is 1.74. The molecule has 4 aliphatic rings. The molecule has 0 bridgehead atoms. The van der Waals surface area contributed by atoms with Crippen LogP contribution in [0, 0.1) is 17.8 Å². The highest BCUT2D eigenvalue weighted by molar-refractivity contribution is 7.99. The lowest BCUT2D eigenvalue weighted by atomic mass is 9.55. The molecular formula is C55H66N2O11S. The second-order valence-corrected chi connectivity index (χ2v) is 18.8. The van der Waals surface area contributed by atoms with E-state index >= 15 is 4.79 Å². The number of amides is 1. The van der Waals surface area contributed by atoms with Gasteiger partial charge in [0.25, 0.3) is 0 Å². The highest BCUT2D eigenvalue weighted by Gasteiger charge is 2.65. The van der Waals surface area contributed by atoms with E-state index in [1.54, 1.807) is 22.7 Å². The van der Waals surface area contributed by atoms with Gasteiger partial charge in [-0.1, -0.05) is 84.7 Å². The maximum Gasteiger partial charge on any atom is 0.410 e. The molecule has 1 amide bonds. The van der Waals surface area contributed by atoms with Crippen molar-refractivity contribution in [3.63, 3.8) is 0 Å². The van der Waals surface area contributed by atoms with Gasteiger partial charge in [0.05, 0.1) is 38.1 Å². The van der Waals surface area contributed by atoms with E-state index in [4.69, 9.17) is 43.2 Å². The Morgan fingerprint density at radius 1 is 0.884 bits per heavy atom. The van der Waals surface area contributed by atoms with Crippen molar-refractivity contribution in [2.24, 2.45) is 22.9 Å². The van der Waals surface area contributed by atoms with E-state index in [-0.39, 0.29) is 70.5 Å². The molecule has 69 heavy (non-hydrogen) atoms. The SMILES string of the molecule is C=CCO[C@@]12Oc3ccc(OCCSc4ccccc4)cc3[C@H]3[C@H](CCCCO)[C@@H](CCCCO)C=C(C(=NOCC)C[C@@H]1N(Cc1ccc4c(c1)OCO4)C(=O)OCCOCc1ccccc1)[C@H]32. The summed E-state index contributed by atoms with van der Waals surface area (Å²) in [5.41, 5.74) is 4.43. The molecule has 0 unspecified atom stereocenters. The number of oxime groups is 1. The lowest BCUT2D eigenvalue weighted by Crippen LogP contribution is -2.70. The smallest absolute Gasteiger partial charge is 0.410 e. The van der Waals surface area contributed by atoms with Crippen molar-refractivity contribution in [1.82, 2.24) is 4.90 Å². The molecular weight excluding hydrogens is 897 g/mol. The lowest BCUT2D eigenvalue weighted by molar-refractivity contribution is -0.256. The topological polar surface area (TPSA) is 147 Å². The largest absolute Gasteiger partial charge is 0.493 e. The molecule has 13 nitrogen and oxygen atoms in total. The Morgan fingerprint density at radius 2 is 1.65 bits per heavy atom. The van der Waals surface area contributed by atoms with Crippen LogP contribution in [0.1, 0.15) is 74.5 Å². The Morgan fingerprint density at radius 3 is 2.43 bits per heavy atom. The number of unbranched alkanes of at least 4 members (excludes halogenated alkanes) is 2. The Labute approximate surface area is 410 Å². The number of hydrogen-bond donors (Lipinski definition) is 2. The van der Waals surface area contributed by atoms with Gasteiger partial charge in [-0.3, -0.25) is 4.90 Å². The average Bonchev–Trinajstić information content (AvgIpc) is 3.85. The molecule has 0 aromatic heterocycles.